The third-order valence-electron chi connectivity index (χ3n) is 4.97. The van der Waals surface area contributed by atoms with Crippen molar-refractivity contribution in [3.63, 3.8) is 0 Å². The number of halogens is 5. The van der Waals surface area contributed by atoms with E-state index in [0.29, 0.717) is 14.5 Å². The number of hydrogen-bond donors (Lipinski definition) is 1. The number of benzene rings is 2. The predicted octanol–water partition coefficient (Wildman–Crippen LogP) is 6.24. The summed E-state index contributed by atoms with van der Waals surface area (Å²) in [4.78, 5) is 31.1. The number of hydrogen-bond acceptors (Lipinski definition) is 6. The smallest absolute Gasteiger partial charge is 0.416 e. The highest BCUT2D eigenvalue weighted by Crippen LogP contribution is 2.36. The largest absolute Gasteiger partial charge is 0.506 e. The molecule has 0 atom stereocenters. The predicted molar refractivity (Wildman–Crippen MR) is 127 cm³/mol. The summed E-state index contributed by atoms with van der Waals surface area (Å²) in [6.45, 7) is 4.38. The summed E-state index contributed by atoms with van der Waals surface area (Å²) in [5.41, 5.74) is -1.06. The summed E-state index contributed by atoms with van der Waals surface area (Å²) in [5.74, 6) is -1.55. The fourth-order valence-electron chi connectivity index (χ4n) is 2.93. The number of phenolic OH excluding ortho intramolecular Hbond substituents is 1. The van der Waals surface area contributed by atoms with Crippen LogP contribution in [0, 0.1) is 5.41 Å². The standard InChI is InChI=1S/C23H20Br2F3N3O4/c1-22(2,3)17(32)11-31(10-12-5-4-6-14(7-12)23(26,27)28)21(34)20-29-19(30-35-20)13-8-15(24)18(33)16(25)9-13/h4-9,33H,10-11H2,1-3H3. The minimum Gasteiger partial charge on any atom is -0.506 e. The molecular formula is C23H20Br2F3N3O4. The Morgan fingerprint density at radius 3 is 2.29 bits per heavy atom. The number of amides is 1. The van der Waals surface area contributed by atoms with Gasteiger partial charge in [-0.1, -0.05) is 38.1 Å². The van der Waals surface area contributed by atoms with Crippen LogP contribution in [-0.2, 0) is 17.5 Å². The van der Waals surface area contributed by atoms with Crippen molar-refractivity contribution in [1.29, 1.82) is 0 Å². The molecule has 0 bridgehead atoms. The fourth-order valence-corrected chi connectivity index (χ4v) is 4.12. The Morgan fingerprint density at radius 2 is 1.71 bits per heavy atom. The zero-order valence-electron chi connectivity index (χ0n) is 18.8. The molecule has 0 fully saturated rings. The lowest BCUT2D eigenvalue weighted by molar-refractivity contribution is -0.137. The van der Waals surface area contributed by atoms with Crippen molar-refractivity contribution in [2.75, 3.05) is 6.54 Å². The van der Waals surface area contributed by atoms with Crippen molar-refractivity contribution in [3.8, 4) is 17.1 Å². The molecule has 0 aliphatic heterocycles. The average molecular weight is 619 g/mol. The molecule has 186 valence electrons. The summed E-state index contributed by atoms with van der Waals surface area (Å²) < 4.78 is 45.3. The summed E-state index contributed by atoms with van der Waals surface area (Å²) in [6, 6.07) is 7.55. The van der Waals surface area contributed by atoms with Crippen LogP contribution in [0.15, 0.2) is 49.9 Å². The van der Waals surface area contributed by atoms with Gasteiger partial charge in [-0.25, -0.2) is 0 Å². The second-order valence-corrected chi connectivity index (χ2v) is 10.5. The molecule has 1 heterocycles. The zero-order chi connectivity index (χ0) is 26.1. The van der Waals surface area contributed by atoms with Crippen LogP contribution in [0.3, 0.4) is 0 Å². The lowest BCUT2D eigenvalue weighted by atomic mass is 9.90. The minimum atomic E-state index is -4.56. The van der Waals surface area contributed by atoms with Gasteiger partial charge in [-0.05, 0) is 61.7 Å². The van der Waals surface area contributed by atoms with E-state index < -0.39 is 29.0 Å². The number of phenols is 1. The average Bonchev–Trinajstić information content (AvgIpc) is 3.25. The quantitative estimate of drug-likeness (QED) is 0.351. The molecule has 0 aliphatic carbocycles. The molecule has 1 amide bonds. The van der Waals surface area contributed by atoms with Crippen molar-refractivity contribution in [2.45, 2.75) is 33.5 Å². The Balaban J connectivity index is 1.94. The molecule has 35 heavy (non-hydrogen) atoms. The number of carbonyl (C=O) groups is 2. The van der Waals surface area contributed by atoms with Crippen molar-refractivity contribution in [2.24, 2.45) is 5.41 Å². The van der Waals surface area contributed by atoms with E-state index in [1.807, 2.05) is 0 Å². The SMILES string of the molecule is CC(C)(C)C(=O)CN(Cc1cccc(C(F)(F)F)c1)C(=O)c1nc(-c2cc(Br)c(O)c(Br)c2)no1. The summed E-state index contributed by atoms with van der Waals surface area (Å²) >= 11 is 6.39. The number of rotatable bonds is 6. The molecule has 0 spiro atoms. The third kappa shape index (κ3) is 6.49. The van der Waals surface area contributed by atoms with Gasteiger partial charge in [0.05, 0.1) is 21.1 Å². The number of aromatic hydroxyl groups is 1. The van der Waals surface area contributed by atoms with Gasteiger partial charge in [0.2, 0.25) is 5.82 Å². The first-order chi connectivity index (χ1) is 16.2. The van der Waals surface area contributed by atoms with Gasteiger partial charge in [0.25, 0.3) is 0 Å². The van der Waals surface area contributed by atoms with Crippen LogP contribution in [0.25, 0.3) is 11.4 Å². The molecular weight excluding hydrogens is 599 g/mol. The van der Waals surface area contributed by atoms with Crippen LogP contribution >= 0.6 is 31.9 Å². The van der Waals surface area contributed by atoms with E-state index in [1.54, 1.807) is 20.8 Å². The van der Waals surface area contributed by atoms with Gasteiger partial charge in [0.15, 0.2) is 5.78 Å². The van der Waals surface area contributed by atoms with E-state index >= 15 is 0 Å². The lowest BCUT2D eigenvalue weighted by Gasteiger charge is -2.25. The van der Waals surface area contributed by atoms with Crippen LogP contribution in [0.4, 0.5) is 13.2 Å². The van der Waals surface area contributed by atoms with Crippen LogP contribution in [-0.4, -0.2) is 38.4 Å². The molecule has 0 aliphatic rings. The van der Waals surface area contributed by atoms with Gasteiger partial charge in [-0.2, -0.15) is 18.2 Å². The molecule has 1 N–H and O–H groups in total. The van der Waals surface area contributed by atoms with Crippen LogP contribution in [0.5, 0.6) is 5.75 Å². The van der Waals surface area contributed by atoms with E-state index in [9.17, 15) is 27.9 Å². The van der Waals surface area contributed by atoms with Gasteiger partial charge < -0.3 is 14.5 Å². The topological polar surface area (TPSA) is 96.5 Å². The van der Waals surface area contributed by atoms with E-state index in [-0.39, 0.29) is 36.0 Å². The Hall–Kier alpha value is -2.73. The van der Waals surface area contributed by atoms with Gasteiger partial charge in [-0.3, -0.25) is 9.59 Å². The van der Waals surface area contributed by atoms with Crippen molar-refractivity contribution < 1.29 is 32.4 Å². The number of carbonyl (C=O) groups excluding carboxylic acids is 2. The van der Waals surface area contributed by atoms with E-state index in [2.05, 4.69) is 42.0 Å². The minimum absolute atomic E-state index is 0.0379. The molecule has 2 aromatic carbocycles. The van der Waals surface area contributed by atoms with E-state index in [4.69, 9.17) is 4.52 Å². The van der Waals surface area contributed by atoms with Crippen molar-refractivity contribution in [3.05, 3.63) is 62.4 Å². The highest BCUT2D eigenvalue weighted by Gasteiger charge is 2.32. The Morgan fingerprint density at radius 1 is 1.09 bits per heavy atom. The number of ketones is 1. The van der Waals surface area contributed by atoms with Crippen LogP contribution in [0.2, 0.25) is 0 Å². The number of nitrogens with zero attached hydrogens (tertiary/aromatic N) is 3. The maximum absolute atomic E-state index is 13.2. The Labute approximate surface area is 215 Å². The molecule has 0 saturated heterocycles. The first-order valence-corrected chi connectivity index (χ1v) is 11.8. The molecule has 1 aromatic heterocycles. The normalized spacial score (nSPS) is 12.0. The van der Waals surface area contributed by atoms with E-state index in [1.165, 1.54) is 24.3 Å². The van der Waals surface area contributed by atoms with Gasteiger partial charge in [0, 0.05) is 17.5 Å². The van der Waals surface area contributed by atoms with Crippen molar-refractivity contribution >= 4 is 43.6 Å². The second kappa shape index (κ2) is 10.1. The van der Waals surface area contributed by atoms with Crippen LogP contribution < -0.4 is 0 Å². The number of Topliss-reactive ketones (excluding diaryl/α,β-unsaturated/α-hetero) is 1. The van der Waals surface area contributed by atoms with Gasteiger partial charge >= 0.3 is 18.0 Å². The number of aromatic nitrogens is 2. The zero-order valence-corrected chi connectivity index (χ0v) is 22.0. The highest BCUT2D eigenvalue weighted by molar-refractivity contribution is 9.11. The maximum Gasteiger partial charge on any atom is 0.416 e. The third-order valence-corrected chi connectivity index (χ3v) is 6.18. The number of alkyl halides is 3. The molecule has 0 radical (unpaired) electrons. The fraction of sp³-hybridized carbons (Fsp3) is 0.304. The van der Waals surface area contributed by atoms with Gasteiger partial charge in [0.1, 0.15) is 5.75 Å². The molecule has 0 unspecified atom stereocenters. The first-order valence-electron chi connectivity index (χ1n) is 10.2. The molecule has 3 rings (SSSR count). The van der Waals surface area contributed by atoms with E-state index in [0.717, 1.165) is 17.0 Å². The Kier molecular flexibility index (Phi) is 7.75. The first kappa shape index (κ1) is 26.9. The second-order valence-electron chi connectivity index (χ2n) is 8.74. The molecule has 7 nitrogen and oxygen atoms in total. The van der Waals surface area contributed by atoms with Crippen molar-refractivity contribution in [1.82, 2.24) is 15.0 Å². The molecule has 0 saturated carbocycles. The highest BCUT2D eigenvalue weighted by atomic mass is 79.9. The monoisotopic (exact) mass is 617 g/mol. The Bertz CT molecular complexity index is 1250. The summed E-state index contributed by atoms with van der Waals surface area (Å²) in [7, 11) is 0. The summed E-state index contributed by atoms with van der Waals surface area (Å²) in [6.07, 6.45) is -4.56. The van der Waals surface area contributed by atoms with Crippen LogP contribution in [0.1, 0.15) is 42.6 Å². The lowest BCUT2D eigenvalue weighted by Crippen LogP contribution is -2.39. The molecule has 3 aromatic rings. The van der Waals surface area contributed by atoms with Gasteiger partial charge in [-0.15, -0.1) is 0 Å². The maximum atomic E-state index is 13.2. The molecule has 12 heteroatoms. The summed E-state index contributed by atoms with van der Waals surface area (Å²) in [5, 5.41) is 13.7.